The molecule has 2 heterocycles. The van der Waals surface area contributed by atoms with Crippen LogP contribution in [0.3, 0.4) is 0 Å². The molecule has 0 saturated carbocycles. The predicted octanol–water partition coefficient (Wildman–Crippen LogP) is 2.94. The molecule has 27 heavy (non-hydrogen) atoms. The first-order valence-electron chi connectivity index (χ1n) is 7.70. The lowest BCUT2D eigenvalue weighted by Crippen LogP contribution is -2.48. The van der Waals surface area contributed by atoms with Gasteiger partial charge >= 0.3 is 0 Å². The monoisotopic (exact) mass is 400 g/mol. The van der Waals surface area contributed by atoms with Crippen molar-refractivity contribution in [3.63, 3.8) is 0 Å². The van der Waals surface area contributed by atoms with E-state index in [1.165, 1.54) is 18.5 Å². The van der Waals surface area contributed by atoms with Crippen molar-refractivity contribution in [3.8, 4) is 11.3 Å². The molecule has 0 radical (unpaired) electrons. The van der Waals surface area contributed by atoms with E-state index in [0.29, 0.717) is 16.3 Å². The minimum atomic E-state index is -0.550. The van der Waals surface area contributed by atoms with Gasteiger partial charge in [-0.3, -0.25) is 30.7 Å². The van der Waals surface area contributed by atoms with Crippen LogP contribution in [0.25, 0.3) is 11.3 Å². The Kier molecular flexibility index (Phi) is 5.80. The van der Waals surface area contributed by atoms with Crippen LogP contribution in [0.2, 0.25) is 5.02 Å². The molecule has 0 aliphatic rings. The topological polar surface area (TPSA) is 96.3 Å². The maximum atomic E-state index is 12.2. The van der Waals surface area contributed by atoms with Crippen LogP contribution in [0.1, 0.15) is 20.9 Å². The highest BCUT2D eigenvalue weighted by molar-refractivity contribution is 7.80. The van der Waals surface area contributed by atoms with E-state index in [0.717, 1.165) is 5.56 Å². The molecule has 3 rings (SSSR count). The fourth-order valence-electron chi connectivity index (χ4n) is 2.11. The van der Waals surface area contributed by atoms with Gasteiger partial charge in [0, 0.05) is 28.5 Å². The molecule has 136 valence electrons. The molecule has 0 unspecified atom stereocenters. The second-order valence-corrected chi connectivity index (χ2v) is 6.11. The van der Waals surface area contributed by atoms with E-state index in [9.17, 15) is 9.59 Å². The first kappa shape index (κ1) is 18.6. The van der Waals surface area contributed by atoms with Gasteiger partial charge in [-0.2, -0.15) is 0 Å². The molecule has 0 aliphatic carbocycles. The molecule has 2 amide bonds. The van der Waals surface area contributed by atoms with Crippen LogP contribution in [-0.2, 0) is 0 Å². The van der Waals surface area contributed by atoms with Crippen molar-refractivity contribution in [2.75, 3.05) is 0 Å². The molecule has 3 aromatic rings. The maximum absolute atomic E-state index is 12.2. The third-order valence-electron chi connectivity index (χ3n) is 3.42. The Balaban J connectivity index is 1.55. The largest absolute Gasteiger partial charge is 0.451 e. The van der Waals surface area contributed by atoms with Crippen molar-refractivity contribution >= 4 is 40.7 Å². The van der Waals surface area contributed by atoms with E-state index in [1.54, 1.807) is 42.5 Å². The summed E-state index contributed by atoms with van der Waals surface area (Å²) in [7, 11) is 0. The fourth-order valence-corrected chi connectivity index (χ4v) is 2.38. The Morgan fingerprint density at radius 1 is 0.926 bits per heavy atom. The summed E-state index contributed by atoms with van der Waals surface area (Å²) in [5.41, 5.74) is 6.00. The summed E-state index contributed by atoms with van der Waals surface area (Å²) in [4.78, 5) is 27.9. The molecule has 0 spiro atoms. The quantitative estimate of drug-likeness (QED) is 0.462. The minimum Gasteiger partial charge on any atom is -0.451 e. The molecule has 2 aromatic heterocycles. The van der Waals surface area contributed by atoms with Crippen molar-refractivity contribution in [1.29, 1.82) is 0 Å². The molecule has 3 N–H and O–H groups in total. The highest BCUT2D eigenvalue weighted by atomic mass is 35.5. The lowest BCUT2D eigenvalue weighted by atomic mass is 10.2. The summed E-state index contributed by atoms with van der Waals surface area (Å²) >= 11 is 10.8. The molecule has 0 bridgehead atoms. The SMILES string of the molecule is O=C(NNC(=S)NC(=O)c1ccc(-c2ccc(Cl)cc2)o1)c1ccncc1. The van der Waals surface area contributed by atoms with Gasteiger partial charge in [0.1, 0.15) is 5.76 Å². The summed E-state index contributed by atoms with van der Waals surface area (Å²) in [6, 6.07) is 13.3. The molecule has 0 atom stereocenters. The van der Waals surface area contributed by atoms with Crippen LogP contribution < -0.4 is 16.2 Å². The van der Waals surface area contributed by atoms with Crippen LogP contribution in [0.5, 0.6) is 0 Å². The number of rotatable bonds is 3. The lowest BCUT2D eigenvalue weighted by molar-refractivity contribution is 0.0927. The summed E-state index contributed by atoms with van der Waals surface area (Å²) in [6.45, 7) is 0. The number of thiocarbonyl (C=S) groups is 1. The zero-order valence-electron chi connectivity index (χ0n) is 13.7. The Hall–Kier alpha value is -3.23. The van der Waals surface area contributed by atoms with E-state index in [4.69, 9.17) is 28.2 Å². The van der Waals surface area contributed by atoms with Gasteiger partial charge in [0.2, 0.25) is 0 Å². The first-order chi connectivity index (χ1) is 13.0. The molecule has 1 aromatic carbocycles. The number of amides is 2. The van der Waals surface area contributed by atoms with Crippen LogP contribution in [-0.4, -0.2) is 21.9 Å². The third kappa shape index (κ3) is 4.90. The number of benzene rings is 1. The van der Waals surface area contributed by atoms with Gasteiger partial charge in [0.15, 0.2) is 10.9 Å². The number of carbonyl (C=O) groups excluding carboxylic acids is 2. The molecular formula is C18H13ClN4O3S. The number of halogens is 1. The standard InChI is InChI=1S/C18H13ClN4O3S/c19-13-3-1-11(2-4-13)14-5-6-15(26-14)17(25)21-18(27)23-22-16(24)12-7-9-20-10-8-12/h1-10H,(H,22,24)(H2,21,23,25,27). The molecular weight excluding hydrogens is 388 g/mol. The smallest absolute Gasteiger partial charge is 0.293 e. The summed E-state index contributed by atoms with van der Waals surface area (Å²) in [5, 5.41) is 2.94. The van der Waals surface area contributed by atoms with Crippen molar-refractivity contribution in [2.45, 2.75) is 0 Å². The van der Waals surface area contributed by atoms with E-state index in [-0.39, 0.29) is 10.9 Å². The maximum Gasteiger partial charge on any atom is 0.293 e. The number of hydrogen-bond donors (Lipinski definition) is 3. The minimum absolute atomic E-state index is 0.0737. The Bertz CT molecular complexity index is 974. The van der Waals surface area contributed by atoms with E-state index < -0.39 is 11.8 Å². The highest BCUT2D eigenvalue weighted by Crippen LogP contribution is 2.23. The van der Waals surface area contributed by atoms with Gasteiger partial charge in [-0.15, -0.1) is 0 Å². The van der Waals surface area contributed by atoms with Crippen LogP contribution >= 0.6 is 23.8 Å². The van der Waals surface area contributed by atoms with Crippen LogP contribution in [0.15, 0.2) is 65.3 Å². The first-order valence-corrected chi connectivity index (χ1v) is 8.49. The molecule has 0 aliphatic heterocycles. The average Bonchev–Trinajstić information content (AvgIpc) is 3.18. The van der Waals surface area contributed by atoms with Crippen LogP contribution in [0.4, 0.5) is 0 Å². The summed E-state index contributed by atoms with van der Waals surface area (Å²) in [6.07, 6.45) is 2.98. The van der Waals surface area contributed by atoms with Crippen molar-refractivity contribution in [2.24, 2.45) is 0 Å². The van der Waals surface area contributed by atoms with Gasteiger partial charge in [-0.1, -0.05) is 11.6 Å². The normalized spacial score (nSPS) is 10.1. The van der Waals surface area contributed by atoms with Gasteiger partial charge < -0.3 is 4.42 Å². The number of aromatic nitrogens is 1. The van der Waals surface area contributed by atoms with Crippen molar-refractivity contribution in [3.05, 3.63) is 77.3 Å². The lowest BCUT2D eigenvalue weighted by Gasteiger charge is -2.09. The Morgan fingerprint density at radius 3 is 2.33 bits per heavy atom. The summed E-state index contributed by atoms with van der Waals surface area (Å²) < 4.78 is 5.53. The fraction of sp³-hybridized carbons (Fsp3) is 0. The number of nitrogens with zero attached hydrogens (tertiary/aromatic N) is 1. The number of pyridine rings is 1. The van der Waals surface area contributed by atoms with E-state index in [1.807, 2.05) is 0 Å². The zero-order chi connectivity index (χ0) is 19.2. The van der Waals surface area contributed by atoms with E-state index in [2.05, 4.69) is 21.2 Å². The van der Waals surface area contributed by atoms with Gasteiger partial charge in [-0.05, 0) is 60.7 Å². The van der Waals surface area contributed by atoms with E-state index >= 15 is 0 Å². The molecule has 0 fully saturated rings. The Morgan fingerprint density at radius 2 is 1.63 bits per heavy atom. The average molecular weight is 401 g/mol. The predicted molar refractivity (Wildman–Crippen MR) is 104 cm³/mol. The van der Waals surface area contributed by atoms with Crippen LogP contribution in [0, 0.1) is 0 Å². The molecule has 0 saturated heterocycles. The summed E-state index contributed by atoms with van der Waals surface area (Å²) in [5.74, 6) is -0.380. The molecule has 9 heteroatoms. The second kappa shape index (κ2) is 8.43. The van der Waals surface area contributed by atoms with Crippen molar-refractivity contribution < 1.29 is 14.0 Å². The number of hydrazine groups is 1. The number of hydrogen-bond acceptors (Lipinski definition) is 5. The third-order valence-corrected chi connectivity index (χ3v) is 3.87. The van der Waals surface area contributed by atoms with Gasteiger partial charge in [-0.25, -0.2) is 0 Å². The number of carbonyl (C=O) groups is 2. The van der Waals surface area contributed by atoms with Gasteiger partial charge in [0.25, 0.3) is 11.8 Å². The number of furan rings is 1. The zero-order valence-corrected chi connectivity index (χ0v) is 15.3. The van der Waals surface area contributed by atoms with Crippen molar-refractivity contribution in [1.82, 2.24) is 21.2 Å². The second-order valence-electron chi connectivity index (χ2n) is 5.27. The Labute approximate surface area is 164 Å². The van der Waals surface area contributed by atoms with Gasteiger partial charge in [0.05, 0.1) is 0 Å². The molecule has 7 nitrogen and oxygen atoms in total. The highest BCUT2D eigenvalue weighted by Gasteiger charge is 2.14. The number of nitrogens with one attached hydrogen (secondary N) is 3.